The predicted octanol–water partition coefficient (Wildman–Crippen LogP) is 4.47. The summed E-state index contributed by atoms with van der Waals surface area (Å²) in [4.78, 5) is 4.13. The van der Waals surface area contributed by atoms with Gasteiger partial charge in [0.1, 0.15) is 0 Å². The predicted molar refractivity (Wildman–Crippen MR) is 78.6 cm³/mol. The van der Waals surface area contributed by atoms with Crippen molar-refractivity contribution in [3.8, 4) is 0 Å². The summed E-state index contributed by atoms with van der Waals surface area (Å²) in [7, 11) is 0. The third kappa shape index (κ3) is 1.70. The molecule has 2 saturated carbocycles. The highest BCUT2D eigenvalue weighted by molar-refractivity contribution is 9.10. The molecule has 2 nitrogen and oxygen atoms in total. The van der Waals surface area contributed by atoms with E-state index in [2.05, 4.69) is 53.1 Å². The van der Waals surface area contributed by atoms with Crippen molar-refractivity contribution in [1.29, 1.82) is 0 Å². The van der Waals surface area contributed by atoms with Crippen molar-refractivity contribution >= 4 is 21.6 Å². The zero-order valence-corrected chi connectivity index (χ0v) is 12.9. The number of aromatic nitrogens is 1. The molecule has 0 spiro atoms. The lowest BCUT2D eigenvalue weighted by molar-refractivity contribution is 0.155. The average Bonchev–Trinajstić information content (AvgIpc) is 2.78. The second-order valence-corrected chi connectivity index (χ2v) is 7.70. The van der Waals surface area contributed by atoms with Crippen molar-refractivity contribution in [3.05, 3.63) is 22.9 Å². The van der Waals surface area contributed by atoms with Gasteiger partial charge in [0.05, 0.1) is 10.2 Å². The van der Waals surface area contributed by atoms with E-state index < -0.39 is 0 Å². The molecule has 1 aromatic rings. The first kappa shape index (κ1) is 12.5. The maximum absolute atomic E-state index is 4.13. The van der Waals surface area contributed by atoms with Crippen LogP contribution in [0.3, 0.4) is 0 Å². The minimum atomic E-state index is 0.385. The minimum absolute atomic E-state index is 0.385. The molecule has 0 radical (unpaired) electrons. The highest BCUT2D eigenvalue weighted by atomic mass is 79.9. The van der Waals surface area contributed by atoms with E-state index in [0.717, 1.165) is 10.4 Å². The lowest BCUT2D eigenvalue weighted by atomic mass is 9.68. The standard InChI is InChI=1S/C15H21BrN2/c1-14(2)10-4-6-15(3,8-10)13(14)18-12-5-7-17-9-11(12)16/h5,7,9-10,13H,4,6,8H2,1-3H3,(H,17,18). The summed E-state index contributed by atoms with van der Waals surface area (Å²) in [5.41, 5.74) is 2.02. The van der Waals surface area contributed by atoms with Gasteiger partial charge in [-0.15, -0.1) is 0 Å². The highest BCUT2D eigenvalue weighted by Gasteiger charge is 2.59. The molecule has 3 rings (SSSR count). The second kappa shape index (κ2) is 3.96. The highest BCUT2D eigenvalue weighted by Crippen LogP contribution is 2.63. The van der Waals surface area contributed by atoms with Crippen LogP contribution in [0.2, 0.25) is 0 Å². The molecule has 0 saturated heterocycles. The maximum Gasteiger partial charge on any atom is 0.0590 e. The molecule has 3 atom stereocenters. The summed E-state index contributed by atoms with van der Waals surface area (Å²) in [6.45, 7) is 7.30. The van der Waals surface area contributed by atoms with Crippen LogP contribution in [0.15, 0.2) is 22.9 Å². The van der Waals surface area contributed by atoms with Crippen molar-refractivity contribution < 1.29 is 0 Å². The smallest absolute Gasteiger partial charge is 0.0590 e. The molecule has 98 valence electrons. The average molecular weight is 309 g/mol. The van der Waals surface area contributed by atoms with Crippen molar-refractivity contribution in [2.45, 2.75) is 46.1 Å². The van der Waals surface area contributed by atoms with Crippen molar-refractivity contribution in [1.82, 2.24) is 4.98 Å². The van der Waals surface area contributed by atoms with Crippen LogP contribution >= 0.6 is 15.9 Å². The van der Waals surface area contributed by atoms with Crippen molar-refractivity contribution in [3.63, 3.8) is 0 Å². The molecule has 1 aromatic heterocycles. The van der Waals surface area contributed by atoms with E-state index in [9.17, 15) is 0 Å². The fourth-order valence-corrected chi connectivity index (χ4v) is 4.67. The Labute approximate surface area is 118 Å². The first-order valence-electron chi connectivity index (χ1n) is 6.79. The van der Waals surface area contributed by atoms with Gasteiger partial charge in [0.25, 0.3) is 0 Å². The van der Waals surface area contributed by atoms with Crippen LogP contribution in [0.4, 0.5) is 5.69 Å². The van der Waals surface area contributed by atoms with E-state index in [0.29, 0.717) is 16.9 Å². The van der Waals surface area contributed by atoms with Gasteiger partial charge >= 0.3 is 0 Å². The number of hydrogen-bond donors (Lipinski definition) is 1. The third-order valence-electron chi connectivity index (χ3n) is 5.34. The molecule has 0 aromatic carbocycles. The van der Waals surface area contributed by atoms with Crippen LogP contribution in [-0.2, 0) is 0 Å². The maximum atomic E-state index is 4.13. The van der Waals surface area contributed by atoms with Crippen LogP contribution in [-0.4, -0.2) is 11.0 Å². The molecule has 3 heteroatoms. The molecule has 2 bridgehead atoms. The molecule has 2 fully saturated rings. The van der Waals surface area contributed by atoms with Gasteiger partial charge in [0, 0.05) is 18.4 Å². The summed E-state index contributed by atoms with van der Waals surface area (Å²) in [6.07, 6.45) is 7.86. The SMILES string of the molecule is CC12CCC(C1)C(C)(C)C2Nc1ccncc1Br. The number of pyridine rings is 1. The lowest BCUT2D eigenvalue weighted by Crippen LogP contribution is -2.45. The van der Waals surface area contributed by atoms with Gasteiger partial charge in [0.15, 0.2) is 0 Å². The molecule has 3 unspecified atom stereocenters. The van der Waals surface area contributed by atoms with Gasteiger partial charge in [-0.25, -0.2) is 0 Å². The van der Waals surface area contributed by atoms with Gasteiger partial charge in [-0.2, -0.15) is 0 Å². The first-order chi connectivity index (χ1) is 8.43. The molecule has 1 N–H and O–H groups in total. The van der Waals surface area contributed by atoms with E-state index in [1.165, 1.54) is 24.9 Å². The van der Waals surface area contributed by atoms with E-state index in [1.54, 1.807) is 0 Å². The number of nitrogens with zero attached hydrogens (tertiary/aromatic N) is 1. The van der Waals surface area contributed by atoms with Crippen molar-refractivity contribution in [2.24, 2.45) is 16.7 Å². The van der Waals surface area contributed by atoms with E-state index in [-0.39, 0.29) is 0 Å². The Kier molecular flexibility index (Phi) is 2.74. The van der Waals surface area contributed by atoms with Gasteiger partial charge in [-0.3, -0.25) is 4.98 Å². The van der Waals surface area contributed by atoms with E-state index in [1.807, 2.05) is 12.4 Å². The summed E-state index contributed by atoms with van der Waals surface area (Å²) in [5, 5.41) is 3.78. The number of hydrogen-bond acceptors (Lipinski definition) is 2. The molecular weight excluding hydrogens is 288 g/mol. The summed E-state index contributed by atoms with van der Waals surface area (Å²) in [6, 6.07) is 2.62. The third-order valence-corrected chi connectivity index (χ3v) is 5.97. The number of rotatable bonds is 2. The Balaban J connectivity index is 1.91. The van der Waals surface area contributed by atoms with E-state index in [4.69, 9.17) is 0 Å². The normalized spacial score (nSPS) is 36.9. The molecule has 0 amide bonds. The van der Waals surface area contributed by atoms with E-state index >= 15 is 0 Å². The Hall–Kier alpha value is -0.570. The number of nitrogens with one attached hydrogen (secondary N) is 1. The lowest BCUT2D eigenvalue weighted by Gasteiger charge is -2.43. The Morgan fingerprint density at radius 1 is 1.39 bits per heavy atom. The van der Waals surface area contributed by atoms with Gasteiger partial charge in [0.2, 0.25) is 0 Å². The fourth-order valence-electron chi connectivity index (χ4n) is 4.31. The quantitative estimate of drug-likeness (QED) is 0.872. The Morgan fingerprint density at radius 3 is 2.78 bits per heavy atom. The number of fused-ring (bicyclic) bond motifs is 2. The summed E-state index contributed by atoms with van der Waals surface area (Å²) < 4.78 is 1.06. The fraction of sp³-hybridized carbons (Fsp3) is 0.667. The monoisotopic (exact) mass is 308 g/mol. The molecular formula is C15H21BrN2. The topological polar surface area (TPSA) is 24.9 Å². The molecule has 18 heavy (non-hydrogen) atoms. The van der Waals surface area contributed by atoms with Crippen LogP contribution < -0.4 is 5.32 Å². The van der Waals surface area contributed by atoms with Crippen LogP contribution in [0.5, 0.6) is 0 Å². The first-order valence-corrected chi connectivity index (χ1v) is 7.59. The second-order valence-electron chi connectivity index (χ2n) is 6.85. The zero-order valence-electron chi connectivity index (χ0n) is 11.3. The van der Waals surface area contributed by atoms with Gasteiger partial charge < -0.3 is 5.32 Å². The molecule has 2 aliphatic carbocycles. The van der Waals surface area contributed by atoms with Crippen molar-refractivity contribution in [2.75, 3.05) is 5.32 Å². The Morgan fingerprint density at radius 2 is 2.17 bits per heavy atom. The zero-order chi connectivity index (χ0) is 13.0. The van der Waals surface area contributed by atoms with Crippen LogP contribution in [0.1, 0.15) is 40.0 Å². The number of halogens is 1. The van der Waals surface area contributed by atoms with Crippen LogP contribution in [0.25, 0.3) is 0 Å². The Bertz CT molecular complexity index is 467. The minimum Gasteiger partial charge on any atom is -0.380 e. The largest absolute Gasteiger partial charge is 0.380 e. The van der Waals surface area contributed by atoms with Gasteiger partial charge in [-0.05, 0) is 58.0 Å². The summed E-state index contributed by atoms with van der Waals surface area (Å²) >= 11 is 3.59. The summed E-state index contributed by atoms with van der Waals surface area (Å²) in [5.74, 6) is 0.876. The molecule has 2 aliphatic rings. The molecule has 0 aliphatic heterocycles. The van der Waals surface area contributed by atoms with Gasteiger partial charge in [-0.1, -0.05) is 20.8 Å². The van der Waals surface area contributed by atoms with Crippen LogP contribution in [0, 0.1) is 16.7 Å². The molecule has 1 heterocycles. The number of anilines is 1.